The number of carbonyl (C=O) groups is 2. The van der Waals surface area contributed by atoms with Gasteiger partial charge in [0.15, 0.2) is 6.61 Å². The molecule has 0 bridgehead atoms. The predicted octanol–water partition coefficient (Wildman–Crippen LogP) is 2.40. The average Bonchev–Trinajstić information content (AvgIpc) is 2.35. The molecule has 0 aromatic heterocycles. The first-order valence-corrected chi connectivity index (χ1v) is 6.68. The first-order chi connectivity index (χ1) is 8.88. The number of carbonyl (C=O) groups excluding carboxylic acids is 2. The van der Waals surface area contributed by atoms with Gasteiger partial charge in [0.05, 0.1) is 5.69 Å². The zero-order chi connectivity index (χ0) is 14.0. The maximum absolute atomic E-state index is 11.3. The summed E-state index contributed by atoms with van der Waals surface area (Å²) in [7, 11) is 0. The molecule has 2 N–H and O–H groups in total. The number of halogens is 1. The normalized spacial score (nSPS) is 14.2. The zero-order valence-corrected chi connectivity index (χ0v) is 12.3. The monoisotopic (exact) mass is 326 g/mol. The highest BCUT2D eigenvalue weighted by atomic mass is 79.9. The van der Waals surface area contributed by atoms with E-state index in [2.05, 4.69) is 26.6 Å². The standard InChI is InChI=1S/C13H15BrN2O3/c1-13(2,7-15-12(14)18)8-3-4-10-9(5-8)16-11(17)6-19-10/h3-5H,6-7H2,1-2H3,(H,15,18)(H,16,17). The second kappa shape index (κ2) is 5.21. The third-order valence-corrected chi connectivity index (χ3v) is 3.34. The second-order valence-corrected chi connectivity index (χ2v) is 5.78. The highest BCUT2D eigenvalue weighted by Crippen LogP contribution is 2.33. The van der Waals surface area contributed by atoms with Crippen molar-refractivity contribution in [2.75, 3.05) is 18.5 Å². The summed E-state index contributed by atoms with van der Waals surface area (Å²) in [5, 5.41) is 5.51. The molecular weight excluding hydrogens is 312 g/mol. The number of ether oxygens (including phenoxy) is 1. The topological polar surface area (TPSA) is 67.4 Å². The van der Waals surface area contributed by atoms with E-state index in [9.17, 15) is 9.59 Å². The van der Waals surface area contributed by atoms with E-state index in [-0.39, 0.29) is 22.7 Å². The molecule has 0 unspecified atom stereocenters. The molecule has 1 aromatic carbocycles. The molecule has 1 aliphatic heterocycles. The van der Waals surface area contributed by atoms with Gasteiger partial charge in [-0.05, 0) is 17.7 Å². The van der Waals surface area contributed by atoms with Crippen molar-refractivity contribution in [2.45, 2.75) is 19.3 Å². The Balaban J connectivity index is 2.23. The summed E-state index contributed by atoms with van der Waals surface area (Å²) in [4.78, 5) is 22.0. The van der Waals surface area contributed by atoms with Crippen LogP contribution in [0.4, 0.5) is 10.5 Å². The van der Waals surface area contributed by atoms with Gasteiger partial charge in [-0.1, -0.05) is 19.9 Å². The smallest absolute Gasteiger partial charge is 0.287 e. The summed E-state index contributed by atoms with van der Waals surface area (Å²) in [5.41, 5.74) is 1.44. The molecule has 1 aromatic rings. The fraction of sp³-hybridized carbons (Fsp3) is 0.385. The average molecular weight is 327 g/mol. The molecule has 1 heterocycles. The second-order valence-electron chi connectivity index (χ2n) is 5.06. The van der Waals surface area contributed by atoms with Crippen molar-refractivity contribution in [3.63, 3.8) is 0 Å². The molecule has 0 aliphatic carbocycles. The fourth-order valence-electron chi connectivity index (χ4n) is 1.90. The Morgan fingerprint density at radius 1 is 1.53 bits per heavy atom. The minimum absolute atomic E-state index is 0.0510. The first-order valence-electron chi connectivity index (χ1n) is 5.89. The van der Waals surface area contributed by atoms with Gasteiger partial charge in [-0.25, -0.2) is 0 Å². The van der Waals surface area contributed by atoms with Crippen LogP contribution in [-0.4, -0.2) is 23.9 Å². The van der Waals surface area contributed by atoms with Crippen LogP contribution in [0.1, 0.15) is 19.4 Å². The number of hydrogen-bond acceptors (Lipinski definition) is 3. The molecule has 0 spiro atoms. The summed E-state index contributed by atoms with van der Waals surface area (Å²) < 4.78 is 5.31. The fourth-order valence-corrected chi connectivity index (χ4v) is 2.04. The Kier molecular flexibility index (Phi) is 3.80. The lowest BCUT2D eigenvalue weighted by atomic mass is 9.84. The van der Waals surface area contributed by atoms with Crippen LogP contribution in [-0.2, 0) is 10.2 Å². The van der Waals surface area contributed by atoms with Gasteiger partial charge in [0.25, 0.3) is 10.7 Å². The summed E-state index contributed by atoms with van der Waals surface area (Å²) in [5.74, 6) is 0.514. The Morgan fingerprint density at radius 2 is 2.26 bits per heavy atom. The van der Waals surface area contributed by atoms with Gasteiger partial charge in [0.2, 0.25) is 0 Å². The first kappa shape index (κ1) is 13.9. The molecule has 0 saturated carbocycles. The minimum atomic E-state index is -0.249. The quantitative estimate of drug-likeness (QED) is 0.662. The number of amides is 2. The van der Waals surface area contributed by atoms with Crippen molar-refractivity contribution in [2.24, 2.45) is 0 Å². The largest absolute Gasteiger partial charge is 0.482 e. The van der Waals surface area contributed by atoms with Crippen LogP contribution in [0.3, 0.4) is 0 Å². The molecule has 0 fully saturated rings. The summed E-state index contributed by atoms with van der Waals surface area (Å²) in [6.45, 7) is 4.58. The number of benzene rings is 1. The van der Waals surface area contributed by atoms with Gasteiger partial charge in [0.1, 0.15) is 5.75 Å². The minimum Gasteiger partial charge on any atom is -0.482 e. The Bertz CT molecular complexity index is 529. The van der Waals surface area contributed by atoms with Gasteiger partial charge in [-0.2, -0.15) is 0 Å². The third kappa shape index (κ3) is 3.26. The van der Waals surface area contributed by atoms with Crippen LogP contribution >= 0.6 is 15.9 Å². The number of hydrogen-bond donors (Lipinski definition) is 2. The molecule has 5 nitrogen and oxygen atoms in total. The highest BCUT2D eigenvalue weighted by molar-refractivity contribution is 9.18. The molecule has 2 rings (SSSR count). The molecule has 6 heteroatoms. The lowest BCUT2D eigenvalue weighted by molar-refractivity contribution is -0.118. The SMILES string of the molecule is CC(C)(CNC(=O)Br)c1ccc2c(c1)NC(=O)CO2. The molecule has 0 radical (unpaired) electrons. The Labute approximate surface area is 119 Å². The Morgan fingerprint density at radius 3 is 2.95 bits per heavy atom. The van der Waals surface area contributed by atoms with Crippen molar-refractivity contribution in [3.8, 4) is 5.75 Å². The highest BCUT2D eigenvalue weighted by Gasteiger charge is 2.24. The molecule has 102 valence electrons. The van der Waals surface area contributed by atoms with E-state index in [1.54, 1.807) is 0 Å². The van der Waals surface area contributed by atoms with Crippen LogP contribution in [0.5, 0.6) is 5.75 Å². The number of nitrogens with one attached hydrogen (secondary N) is 2. The van der Waals surface area contributed by atoms with E-state index in [4.69, 9.17) is 4.74 Å². The summed E-state index contributed by atoms with van der Waals surface area (Å²) in [6, 6.07) is 5.66. The van der Waals surface area contributed by atoms with Gasteiger partial charge in [-0.3, -0.25) is 9.59 Å². The van der Waals surface area contributed by atoms with Crippen molar-refractivity contribution in [3.05, 3.63) is 23.8 Å². The molecule has 0 atom stereocenters. The van der Waals surface area contributed by atoms with E-state index in [1.165, 1.54) is 0 Å². The summed E-state index contributed by atoms with van der Waals surface area (Å²) in [6.07, 6.45) is 0. The van der Waals surface area contributed by atoms with Crippen molar-refractivity contribution in [1.82, 2.24) is 5.32 Å². The molecule has 1 aliphatic rings. The maximum atomic E-state index is 11.3. The van der Waals surface area contributed by atoms with Gasteiger partial charge in [-0.15, -0.1) is 0 Å². The summed E-state index contributed by atoms with van der Waals surface area (Å²) >= 11 is 2.84. The van der Waals surface area contributed by atoms with E-state index in [1.807, 2.05) is 32.0 Å². The van der Waals surface area contributed by atoms with Crippen LogP contribution < -0.4 is 15.4 Å². The molecule has 0 saturated heterocycles. The zero-order valence-electron chi connectivity index (χ0n) is 10.7. The van der Waals surface area contributed by atoms with Crippen molar-refractivity contribution >= 4 is 32.3 Å². The van der Waals surface area contributed by atoms with Crippen molar-refractivity contribution < 1.29 is 14.3 Å². The molecule has 2 amide bonds. The van der Waals surface area contributed by atoms with Crippen LogP contribution in [0.25, 0.3) is 0 Å². The van der Waals surface area contributed by atoms with Gasteiger partial charge in [0, 0.05) is 27.9 Å². The molecular formula is C13H15BrN2O3. The number of rotatable bonds is 3. The van der Waals surface area contributed by atoms with Crippen LogP contribution in [0, 0.1) is 0 Å². The van der Waals surface area contributed by atoms with E-state index in [0.29, 0.717) is 18.0 Å². The third-order valence-electron chi connectivity index (χ3n) is 3.06. The van der Waals surface area contributed by atoms with Gasteiger partial charge < -0.3 is 15.4 Å². The Hall–Kier alpha value is -1.56. The van der Waals surface area contributed by atoms with Crippen LogP contribution in [0.2, 0.25) is 0 Å². The lowest BCUT2D eigenvalue weighted by Gasteiger charge is -2.27. The van der Waals surface area contributed by atoms with E-state index >= 15 is 0 Å². The van der Waals surface area contributed by atoms with Crippen LogP contribution in [0.15, 0.2) is 18.2 Å². The van der Waals surface area contributed by atoms with E-state index < -0.39 is 0 Å². The lowest BCUT2D eigenvalue weighted by Crippen LogP contribution is -2.34. The van der Waals surface area contributed by atoms with E-state index in [0.717, 1.165) is 5.56 Å². The number of anilines is 1. The number of fused-ring (bicyclic) bond motifs is 1. The maximum Gasteiger partial charge on any atom is 0.287 e. The van der Waals surface area contributed by atoms with Crippen molar-refractivity contribution in [1.29, 1.82) is 0 Å². The predicted molar refractivity (Wildman–Crippen MR) is 75.9 cm³/mol. The van der Waals surface area contributed by atoms with Gasteiger partial charge >= 0.3 is 0 Å². The molecule has 19 heavy (non-hydrogen) atoms.